The molecule has 1 aliphatic heterocycles. The van der Waals surface area contributed by atoms with E-state index < -0.39 is 18.2 Å². The van der Waals surface area contributed by atoms with Crippen molar-refractivity contribution in [1.82, 2.24) is 0 Å². The Kier molecular flexibility index (Phi) is 4.38. The number of rotatable bonds is 4. The Morgan fingerprint density at radius 3 is 2.64 bits per heavy atom. The standard InChI is InChI=1S/C9H17BO4/c1-5(12-3)4-13-8-7(11)6(2)14-9(8)10/h5-9,11H,4H2,1-3H3/t5-,6+,7?,8?,9+/m0/s1. The predicted octanol–water partition coefficient (Wildman–Crippen LogP) is -0.319. The molecule has 5 heteroatoms. The van der Waals surface area contributed by atoms with E-state index in [2.05, 4.69) is 0 Å². The molecule has 1 saturated heterocycles. The van der Waals surface area contributed by atoms with Crippen LogP contribution in [0.25, 0.3) is 0 Å². The van der Waals surface area contributed by atoms with Crippen molar-refractivity contribution in [3.05, 3.63) is 0 Å². The molecule has 0 bridgehead atoms. The number of aliphatic hydroxyl groups excluding tert-OH is 1. The highest BCUT2D eigenvalue weighted by molar-refractivity contribution is 6.11. The largest absolute Gasteiger partial charge is 0.388 e. The van der Waals surface area contributed by atoms with Crippen molar-refractivity contribution in [1.29, 1.82) is 0 Å². The second-order valence-electron chi connectivity index (χ2n) is 3.64. The molecule has 2 unspecified atom stereocenters. The molecule has 1 rings (SSSR count). The highest BCUT2D eigenvalue weighted by Gasteiger charge is 2.39. The van der Waals surface area contributed by atoms with Gasteiger partial charge in [0.1, 0.15) is 20.1 Å². The Hall–Kier alpha value is -0.0951. The molecule has 1 N–H and O–H groups in total. The number of methoxy groups -OCH3 is 1. The fourth-order valence-corrected chi connectivity index (χ4v) is 1.38. The zero-order valence-corrected chi connectivity index (χ0v) is 8.84. The zero-order valence-electron chi connectivity index (χ0n) is 8.84. The van der Waals surface area contributed by atoms with Crippen molar-refractivity contribution in [3.63, 3.8) is 0 Å². The van der Waals surface area contributed by atoms with E-state index in [9.17, 15) is 5.11 Å². The average molecular weight is 200 g/mol. The van der Waals surface area contributed by atoms with Crippen LogP contribution in [0, 0.1) is 0 Å². The van der Waals surface area contributed by atoms with Crippen molar-refractivity contribution in [2.75, 3.05) is 13.7 Å². The highest BCUT2D eigenvalue weighted by Crippen LogP contribution is 2.21. The van der Waals surface area contributed by atoms with E-state index in [1.165, 1.54) is 0 Å². The van der Waals surface area contributed by atoms with Gasteiger partial charge in [-0.05, 0) is 13.8 Å². The summed E-state index contributed by atoms with van der Waals surface area (Å²) < 4.78 is 15.7. The van der Waals surface area contributed by atoms with Gasteiger partial charge in [0, 0.05) is 13.1 Å². The van der Waals surface area contributed by atoms with Gasteiger partial charge in [0.2, 0.25) is 0 Å². The van der Waals surface area contributed by atoms with Crippen molar-refractivity contribution >= 4 is 7.85 Å². The maximum Gasteiger partial charge on any atom is 0.112 e. The Bertz CT molecular complexity index is 178. The first-order chi connectivity index (χ1) is 6.56. The van der Waals surface area contributed by atoms with E-state index in [-0.39, 0.29) is 12.2 Å². The van der Waals surface area contributed by atoms with Gasteiger partial charge in [0.25, 0.3) is 0 Å². The lowest BCUT2D eigenvalue weighted by atomic mass is 9.93. The molecule has 1 aliphatic rings. The molecule has 0 aromatic carbocycles. The second kappa shape index (κ2) is 5.12. The number of hydrogen-bond donors (Lipinski definition) is 1. The van der Waals surface area contributed by atoms with Crippen LogP contribution >= 0.6 is 0 Å². The summed E-state index contributed by atoms with van der Waals surface area (Å²) in [5.74, 6) is 0. The normalized spacial score (nSPS) is 40.0. The summed E-state index contributed by atoms with van der Waals surface area (Å²) >= 11 is 0. The molecule has 1 fully saturated rings. The fourth-order valence-electron chi connectivity index (χ4n) is 1.38. The summed E-state index contributed by atoms with van der Waals surface area (Å²) in [6.07, 6.45) is -1.39. The molecule has 5 atom stereocenters. The molecule has 0 aliphatic carbocycles. The van der Waals surface area contributed by atoms with Gasteiger partial charge in [-0.25, -0.2) is 0 Å². The first-order valence-electron chi connectivity index (χ1n) is 4.79. The Labute approximate surface area is 85.9 Å². The quantitative estimate of drug-likeness (QED) is 0.632. The number of aliphatic hydroxyl groups is 1. The molecule has 0 aromatic heterocycles. The first kappa shape index (κ1) is 12.0. The number of ether oxygens (including phenoxy) is 3. The SMILES string of the molecule is [B][C@@H]1O[C@H](C)C(O)C1OC[C@H](C)OC. The third kappa shape index (κ3) is 2.70. The molecular formula is C9H17BO4. The summed E-state index contributed by atoms with van der Waals surface area (Å²) in [5, 5.41) is 9.64. The monoisotopic (exact) mass is 200 g/mol. The number of hydrogen-bond acceptors (Lipinski definition) is 4. The first-order valence-corrected chi connectivity index (χ1v) is 4.79. The van der Waals surface area contributed by atoms with Gasteiger partial charge < -0.3 is 19.3 Å². The van der Waals surface area contributed by atoms with Gasteiger partial charge in [-0.15, -0.1) is 0 Å². The maximum absolute atomic E-state index is 9.64. The van der Waals surface area contributed by atoms with Gasteiger partial charge >= 0.3 is 0 Å². The van der Waals surface area contributed by atoms with Gasteiger partial charge in [-0.3, -0.25) is 0 Å². The molecule has 0 amide bonds. The molecule has 1 heterocycles. The minimum atomic E-state index is -0.658. The lowest BCUT2D eigenvalue weighted by Crippen LogP contribution is -2.36. The Morgan fingerprint density at radius 2 is 2.21 bits per heavy atom. The van der Waals surface area contributed by atoms with E-state index in [0.717, 1.165) is 0 Å². The van der Waals surface area contributed by atoms with Gasteiger partial charge in [0.05, 0.1) is 18.8 Å². The smallest absolute Gasteiger partial charge is 0.112 e. The Morgan fingerprint density at radius 1 is 1.57 bits per heavy atom. The summed E-state index contributed by atoms with van der Waals surface area (Å²) in [5.41, 5.74) is 0. The average Bonchev–Trinajstić information content (AvgIpc) is 2.39. The van der Waals surface area contributed by atoms with Gasteiger partial charge in [-0.1, -0.05) is 0 Å². The van der Waals surface area contributed by atoms with Crippen LogP contribution < -0.4 is 0 Å². The van der Waals surface area contributed by atoms with Crippen molar-refractivity contribution in [2.24, 2.45) is 0 Å². The lowest BCUT2D eigenvalue weighted by molar-refractivity contribution is -0.0592. The van der Waals surface area contributed by atoms with Crippen molar-refractivity contribution in [2.45, 2.75) is 44.3 Å². The molecular weight excluding hydrogens is 183 g/mol. The van der Waals surface area contributed by atoms with E-state index in [0.29, 0.717) is 6.61 Å². The summed E-state index contributed by atoms with van der Waals surface area (Å²) in [6.45, 7) is 4.06. The fraction of sp³-hybridized carbons (Fsp3) is 1.00. The highest BCUT2D eigenvalue weighted by atomic mass is 16.6. The third-order valence-corrected chi connectivity index (χ3v) is 2.44. The lowest BCUT2D eigenvalue weighted by Gasteiger charge is -2.20. The van der Waals surface area contributed by atoms with Crippen LogP contribution in [0.5, 0.6) is 0 Å². The van der Waals surface area contributed by atoms with Crippen molar-refractivity contribution in [3.8, 4) is 0 Å². The summed E-state index contributed by atoms with van der Waals surface area (Å²) in [4.78, 5) is 0. The molecule has 14 heavy (non-hydrogen) atoms. The third-order valence-electron chi connectivity index (χ3n) is 2.44. The van der Waals surface area contributed by atoms with Crippen LogP contribution in [0.4, 0.5) is 0 Å². The van der Waals surface area contributed by atoms with Crippen LogP contribution in [0.1, 0.15) is 13.8 Å². The maximum atomic E-state index is 9.64. The predicted molar refractivity (Wildman–Crippen MR) is 52.3 cm³/mol. The summed E-state index contributed by atoms with van der Waals surface area (Å²) in [7, 11) is 7.25. The van der Waals surface area contributed by atoms with E-state index >= 15 is 0 Å². The van der Waals surface area contributed by atoms with E-state index in [4.69, 9.17) is 22.1 Å². The van der Waals surface area contributed by atoms with Crippen LogP contribution in [0.2, 0.25) is 0 Å². The molecule has 2 radical (unpaired) electrons. The minimum absolute atomic E-state index is 0.00898. The zero-order chi connectivity index (χ0) is 10.7. The van der Waals surface area contributed by atoms with Crippen LogP contribution in [-0.4, -0.2) is 57.1 Å². The minimum Gasteiger partial charge on any atom is -0.388 e. The van der Waals surface area contributed by atoms with Crippen LogP contribution in [0.15, 0.2) is 0 Å². The van der Waals surface area contributed by atoms with Crippen LogP contribution in [0.3, 0.4) is 0 Å². The molecule has 0 aromatic rings. The molecule has 80 valence electrons. The van der Waals surface area contributed by atoms with Gasteiger partial charge in [0.15, 0.2) is 0 Å². The van der Waals surface area contributed by atoms with Crippen LogP contribution in [-0.2, 0) is 14.2 Å². The molecule has 0 spiro atoms. The summed E-state index contributed by atoms with van der Waals surface area (Å²) in [6, 6.07) is -0.552. The van der Waals surface area contributed by atoms with E-state index in [1.54, 1.807) is 14.0 Å². The van der Waals surface area contributed by atoms with Crippen molar-refractivity contribution < 1.29 is 19.3 Å². The Balaban J connectivity index is 2.36. The topological polar surface area (TPSA) is 47.9 Å². The van der Waals surface area contributed by atoms with Gasteiger partial charge in [-0.2, -0.15) is 0 Å². The molecule has 0 saturated carbocycles. The second-order valence-corrected chi connectivity index (χ2v) is 3.64. The van der Waals surface area contributed by atoms with E-state index in [1.807, 2.05) is 6.92 Å². The molecule has 4 nitrogen and oxygen atoms in total.